The molecule has 6 amide bonds. The Morgan fingerprint density at radius 3 is 2.06 bits per heavy atom. The minimum atomic E-state index is -0.398. The van der Waals surface area contributed by atoms with E-state index in [0.717, 1.165) is 0 Å². The molecule has 8 heteroatoms. The first-order valence-electron chi connectivity index (χ1n) is 5.57. The Balaban J connectivity index is 0.000000199. The van der Waals surface area contributed by atoms with Crippen LogP contribution in [0, 0.1) is 5.92 Å². The van der Waals surface area contributed by atoms with Crippen LogP contribution in [0.25, 0.3) is 0 Å². The topological polar surface area (TPSA) is 116 Å². The molecule has 1 unspecified atom stereocenters. The lowest BCUT2D eigenvalue weighted by atomic mass is 10.0. The van der Waals surface area contributed by atoms with Gasteiger partial charge in [0.05, 0.1) is 6.54 Å². The number of hydrogen-bond donors (Lipinski definition) is 4. The second kappa shape index (κ2) is 5.99. The molecule has 0 saturated carbocycles. The smallest absolute Gasteiger partial charge is 0.322 e. The molecule has 100 valence electrons. The predicted octanol–water partition coefficient (Wildman–Crippen LogP) is -0.934. The van der Waals surface area contributed by atoms with Gasteiger partial charge in [0.1, 0.15) is 6.04 Å². The van der Waals surface area contributed by atoms with E-state index < -0.39 is 6.03 Å². The molecule has 0 radical (unpaired) electrons. The Morgan fingerprint density at radius 1 is 1.11 bits per heavy atom. The fraction of sp³-hybridized carbons (Fsp3) is 0.600. The summed E-state index contributed by atoms with van der Waals surface area (Å²) in [5, 5.41) is 9.02. The maximum Gasteiger partial charge on any atom is 0.322 e. The van der Waals surface area contributed by atoms with Crippen molar-refractivity contribution in [2.75, 3.05) is 6.54 Å². The summed E-state index contributed by atoms with van der Waals surface area (Å²) in [7, 11) is 0. The van der Waals surface area contributed by atoms with Crippen LogP contribution < -0.4 is 21.3 Å². The lowest BCUT2D eigenvalue weighted by Gasteiger charge is -2.08. The highest BCUT2D eigenvalue weighted by Gasteiger charge is 2.29. The van der Waals surface area contributed by atoms with Crippen LogP contribution >= 0.6 is 0 Å². The Kier molecular flexibility index (Phi) is 4.64. The minimum absolute atomic E-state index is 0.124. The van der Waals surface area contributed by atoms with Crippen LogP contribution in [-0.2, 0) is 9.59 Å². The van der Waals surface area contributed by atoms with Gasteiger partial charge in [-0.05, 0) is 12.3 Å². The van der Waals surface area contributed by atoms with E-state index in [1.54, 1.807) is 0 Å². The van der Waals surface area contributed by atoms with Gasteiger partial charge in [0, 0.05) is 0 Å². The summed E-state index contributed by atoms with van der Waals surface area (Å²) in [6.45, 7) is 4.15. The molecule has 0 aromatic carbocycles. The molecule has 18 heavy (non-hydrogen) atoms. The van der Waals surface area contributed by atoms with Crippen LogP contribution in [-0.4, -0.2) is 36.5 Å². The van der Waals surface area contributed by atoms with Gasteiger partial charge in [0.25, 0.3) is 5.91 Å². The molecule has 2 aliphatic heterocycles. The summed E-state index contributed by atoms with van der Waals surface area (Å²) < 4.78 is 0. The second-order valence-electron chi connectivity index (χ2n) is 4.38. The molecule has 1 atom stereocenters. The van der Waals surface area contributed by atoms with E-state index in [4.69, 9.17) is 0 Å². The minimum Gasteiger partial charge on any atom is -0.329 e. The van der Waals surface area contributed by atoms with Gasteiger partial charge < -0.3 is 10.6 Å². The van der Waals surface area contributed by atoms with Gasteiger partial charge in [0.2, 0.25) is 5.91 Å². The van der Waals surface area contributed by atoms with E-state index in [1.165, 1.54) is 0 Å². The molecule has 4 N–H and O–H groups in total. The molecule has 2 saturated heterocycles. The van der Waals surface area contributed by atoms with Crippen molar-refractivity contribution >= 4 is 23.9 Å². The van der Waals surface area contributed by atoms with Crippen molar-refractivity contribution in [2.45, 2.75) is 26.3 Å². The zero-order valence-corrected chi connectivity index (χ0v) is 10.2. The lowest BCUT2D eigenvalue weighted by Crippen LogP contribution is -2.30. The molecule has 0 bridgehead atoms. The number of nitrogens with one attached hydrogen (secondary N) is 4. The molecule has 2 rings (SSSR count). The Labute approximate surface area is 104 Å². The van der Waals surface area contributed by atoms with Crippen molar-refractivity contribution in [1.29, 1.82) is 0 Å². The van der Waals surface area contributed by atoms with Crippen LogP contribution in [0.4, 0.5) is 9.59 Å². The van der Waals surface area contributed by atoms with Gasteiger partial charge >= 0.3 is 12.1 Å². The van der Waals surface area contributed by atoms with Crippen molar-refractivity contribution in [3.05, 3.63) is 0 Å². The number of rotatable bonds is 2. The summed E-state index contributed by atoms with van der Waals surface area (Å²) in [6.07, 6.45) is 0.706. The van der Waals surface area contributed by atoms with E-state index in [2.05, 4.69) is 16.0 Å². The largest absolute Gasteiger partial charge is 0.329 e. The molecule has 0 aromatic heterocycles. The average Bonchev–Trinajstić information content (AvgIpc) is 2.74. The normalized spacial score (nSPS) is 21.8. The summed E-state index contributed by atoms with van der Waals surface area (Å²) in [4.78, 5) is 41.6. The van der Waals surface area contributed by atoms with E-state index in [1.807, 2.05) is 19.2 Å². The molecule has 2 heterocycles. The maximum atomic E-state index is 10.9. The number of amides is 6. The molecular formula is C10H16N4O4. The van der Waals surface area contributed by atoms with Gasteiger partial charge in [-0.25, -0.2) is 9.59 Å². The van der Waals surface area contributed by atoms with Crippen LogP contribution in [0.15, 0.2) is 0 Å². The van der Waals surface area contributed by atoms with E-state index in [0.29, 0.717) is 12.3 Å². The van der Waals surface area contributed by atoms with Gasteiger partial charge in [-0.1, -0.05) is 13.8 Å². The number of hydrogen-bond acceptors (Lipinski definition) is 4. The van der Waals surface area contributed by atoms with E-state index in [-0.39, 0.29) is 30.4 Å². The molecular weight excluding hydrogens is 240 g/mol. The van der Waals surface area contributed by atoms with Gasteiger partial charge in [-0.2, -0.15) is 0 Å². The monoisotopic (exact) mass is 256 g/mol. The third kappa shape index (κ3) is 4.40. The predicted molar refractivity (Wildman–Crippen MR) is 61.5 cm³/mol. The zero-order valence-electron chi connectivity index (χ0n) is 10.2. The van der Waals surface area contributed by atoms with Gasteiger partial charge in [0.15, 0.2) is 0 Å². The van der Waals surface area contributed by atoms with Crippen LogP contribution in [0.5, 0.6) is 0 Å². The second-order valence-corrected chi connectivity index (χ2v) is 4.38. The summed E-state index contributed by atoms with van der Waals surface area (Å²) in [5.74, 6) is -0.0437. The summed E-state index contributed by atoms with van der Waals surface area (Å²) in [5.41, 5.74) is 0. The number of imide groups is 2. The highest BCUT2D eigenvalue weighted by molar-refractivity contribution is 6.04. The van der Waals surface area contributed by atoms with Crippen molar-refractivity contribution in [2.24, 2.45) is 5.92 Å². The molecule has 2 fully saturated rings. The van der Waals surface area contributed by atoms with Crippen LogP contribution in [0.3, 0.4) is 0 Å². The Morgan fingerprint density at radius 2 is 1.78 bits per heavy atom. The zero-order chi connectivity index (χ0) is 13.7. The highest BCUT2D eigenvalue weighted by atomic mass is 16.2. The number of carbonyl (C=O) groups is 4. The Bertz CT molecular complexity index is 366. The summed E-state index contributed by atoms with van der Waals surface area (Å²) >= 11 is 0. The SMILES string of the molecule is CC(C)CC1NC(=O)NC1=O.O=C1CNC(=O)N1. The molecule has 0 aromatic rings. The number of urea groups is 2. The van der Waals surface area contributed by atoms with Crippen molar-refractivity contribution in [1.82, 2.24) is 21.3 Å². The fourth-order valence-corrected chi connectivity index (χ4v) is 1.47. The molecule has 2 aliphatic rings. The molecule has 0 spiro atoms. The maximum absolute atomic E-state index is 10.9. The fourth-order valence-electron chi connectivity index (χ4n) is 1.47. The Hall–Kier alpha value is -2.12. The van der Waals surface area contributed by atoms with Crippen molar-refractivity contribution in [3.63, 3.8) is 0 Å². The lowest BCUT2D eigenvalue weighted by molar-refractivity contribution is -0.120. The third-order valence-electron chi connectivity index (χ3n) is 2.23. The quantitative estimate of drug-likeness (QED) is 0.477. The average molecular weight is 256 g/mol. The van der Waals surface area contributed by atoms with Crippen LogP contribution in [0.2, 0.25) is 0 Å². The summed E-state index contributed by atoms with van der Waals surface area (Å²) in [6, 6.07) is -1.09. The van der Waals surface area contributed by atoms with Crippen LogP contribution in [0.1, 0.15) is 20.3 Å². The van der Waals surface area contributed by atoms with Gasteiger partial charge in [-0.15, -0.1) is 0 Å². The van der Waals surface area contributed by atoms with E-state index >= 15 is 0 Å². The first-order valence-corrected chi connectivity index (χ1v) is 5.57. The van der Waals surface area contributed by atoms with Gasteiger partial charge in [-0.3, -0.25) is 20.2 Å². The van der Waals surface area contributed by atoms with E-state index in [9.17, 15) is 19.2 Å². The first kappa shape index (κ1) is 13.9. The van der Waals surface area contributed by atoms with Crippen molar-refractivity contribution < 1.29 is 19.2 Å². The highest BCUT2D eigenvalue weighted by Crippen LogP contribution is 2.07. The standard InChI is InChI=1S/C7H12N2O2.C3H4N2O2/c1-4(2)3-5-6(10)9-7(11)8-5;6-2-1-4-3(7)5-2/h4-5H,3H2,1-2H3,(H2,8,9,10,11);1H2,(H2,4,5,6,7). The third-order valence-corrected chi connectivity index (χ3v) is 2.23. The first-order chi connectivity index (χ1) is 8.38. The number of carbonyl (C=O) groups excluding carboxylic acids is 4. The molecule has 0 aliphatic carbocycles. The molecule has 8 nitrogen and oxygen atoms in total. The van der Waals surface area contributed by atoms with Crippen molar-refractivity contribution in [3.8, 4) is 0 Å².